The second-order valence-corrected chi connectivity index (χ2v) is 4.63. The highest BCUT2D eigenvalue weighted by molar-refractivity contribution is 9.10. The molecular formula is C13H16BrFO2. The van der Waals surface area contributed by atoms with E-state index >= 15 is 0 Å². The van der Waals surface area contributed by atoms with Gasteiger partial charge in [-0.3, -0.25) is 4.79 Å². The minimum absolute atomic E-state index is 0.0735. The average molecular weight is 303 g/mol. The first kappa shape index (κ1) is 14.3. The standard InChI is InChI=1S/C13H16BrFO2/c1-3-5-12(16)13(17-4-2)10-7-6-9(14)8-11(10)15/h6-8,13H,3-5H2,1-2H3. The van der Waals surface area contributed by atoms with E-state index in [0.717, 1.165) is 6.42 Å². The van der Waals surface area contributed by atoms with Gasteiger partial charge in [0.25, 0.3) is 0 Å². The molecule has 2 nitrogen and oxygen atoms in total. The number of carbonyl (C=O) groups excluding carboxylic acids is 1. The first-order valence-electron chi connectivity index (χ1n) is 5.69. The van der Waals surface area contributed by atoms with Gasteiger partial charge in [-0.25, -0.2) is 4.39 Å². The van der Waals surface area contributed by atoms with Crippen molar-refractivity contribution in [2.45, 2.75) is 32.8 Å². The molecule has 1 aromatic rings. The van der Waals surface area contributed by atoms with Gasteiger partial charge in [0.1, 0.15) is 11.9 Å². The van der Waals surface area contributed by atoms with Gasteiger partial charge in [-0.05, 0) is 25.5 Å². The molecule has 0 saturated heterocycles. The van der Waals surface area contributed by atoms with E-state index in [9.17, 15) is 9.18 Å². The molecule has 0 aliphatic rings. The van der Waals surface area contributed by atoms with Gasteiger partial charge < -0.3 is 4.74 Å². The molecule has 1 atom stereocenters. The summed E-state index contributed by atoms with van der Waals surface area (Å²) in [6, 6.07) is 4.65. The van der Waals surface area contributed by atoms with Crippen LogP contribution in [0.25, 0.3) is 0 Å². The van der Waals surface area contributed by atoms with Crippen LogP contribution in [-0.2, 0) is 9.53 Å². The van der Waals surface area contributed by atoms with E-state index in [1.165, 1.54) is 6.07 Å². The van der Waals surface area contributed by atoms with Crippen molar-refractivity contribution < 1.29 is 13.9 Å². The van der Waals surface area contributed by atoms with Crippen molar-refractivity contribution in [2.75, 3.05) is 6.61 Å². The summed E-state index contributed by atoms with van der Waals surface area (Å²) in [5.41, 5.74) is 0.313. The number of carbonyl (C=O) groups is 1. The van der Waals surface area contributed by atoms with Crippen LogP contribution in [0.3, 0.4) is 0 Å². The molecule has 0 aliphatic carbocycles. The zero-order valence-electron chi connectivity index (χ0n) is 10.0. The van der Waals surface area contributed by atoms with Crippen molar-refractivity contribution in [1.29, 1.82) is 0 Å². The Kier molecular flexibility index (Phi) is 5.78. The summed E-state index contributed by atoms with van der Waals surface area (Å²) in [4.78, 5) is 11.9. The van der Waals surface area contributed by atoms with E-state index in [2.05, 4.69) is 15.9 Å². The molecule has 1 rings (SSSR count). The van der Waals surface area contributed by atoms with Gasteiger partial charge in [0.2, 0.25) is 0 Å². The highest BCUT2D eigenvalue weighted by Gasteiger charge is 2.23. The second kappa shape index (κ2) is 6.87. The Labute approximate surface area is 109 Å². The van der Waals surface area contributed by atoms with Crippen LogP contribution in [-0.4, -0.2) is 12.4 Å². The molecule has 0 aromatic heterocycles. The van der Waals surface area contributed by atoms with Gasteiger partial charge in [-0.2, -0.15) is 0 Å². The normalized spacial score (nSPS) is 12.5. The van der Waals surface area contributed by atoms with Crippen LogP contribution in [0.2, 0.25) is 0 Å². The van der Waals surface area contributed by atoms with Gasteiger partial charge in [-0.1, -0.05) is 28.9 Å². The second-order valence-electron chi connectivity index (χ2n) is 3.72. The highest BCUT2D eigenvalue weighted by atomic mass is 79.9. The lowest BCUT2D eigenvalue weighted by atomic mass is 10.0. The Morgan fingerprint density at radius 3 is 2.71 bits per heavy atom. The average Bonchev–Trinajstić information content (AvgIpc) is 2.27. The number of benzene rings is 1. The molecule has 94 valence electrons. The fraction of sp³-hybridized carbons (Fsp3) is 0.462. The first-order valence-corrected chi connectivity index (χ1v) is 6.48. The van der Waals surface area contributed by atoms with Crippen LogP contribution in [0.1, 0.15) is 38.4 Å². The van der Waals surface area contributed by atoms with E-state index in [-0.39, 0.29) is 5.78 Å². The third-order valence-corrected chi connectivity index (χ3v) is 2.86. The van der Waals surface area contributed by atoms with Gasteiger partial charge in [0, 0.05) is 23.1 Å². The lowest BCUT2D eigenvalue weighted by Gasteiger charge is -2.16. The third kappa shape index (κ3) is 3.89. The van der Waals surface area contributed by atoms with Crippen molar-refractivity contribution in [1.82, 2.24) is 0 Å². The number of Topliss-reactive ketones (excluding diaryl/α,β-unsaturated/α-hetero) is 1. The Balaban J connectivity index is 3.00. The number of hydrogen-bond donors (Lipinski definition) is 0. The maximum Gasteiger partial charge on any atom is 0.166 e. The van der Waals surface area contributed by atoms with Crippen molar-refractivity contribution in [3.63, 3.8) is 0 Å². The van der Waals surface area contributed by atoms with Crippen LogP contribution in [0.4, 0.5) is 4.39 Å². The molecule has 0 saturated carbocycles. The predicted molar refractivity (Wildman–Crippen MR) is 68.4 cm³/mol. The summed E-state index contributed by atoms with van der Waals surface area (Å²) in [6.45, 7) is 4.09. The van der Waals surface area contributed by atoms with E-state index in [4.69, 9.17) is 4.74 Å². The molecule has 1 unspecified atom stereocenters. The summed E-state index contributed by atoms with van der Waals surface area (Å²) in [5, 5.41) is 0. The molecule has 4 heteroatoms. The van der Waals surface area contributed by atoms with Crippen LogP contribution < -0.4 is 0 Å². The Hall–Kier alpha value is -0.740. The smallest absolute Gasteiger partial charge is 0.166 e. The molecule has 0 amide bonds. The topological polar surface area (TPSA) is 26.3 Å². The number of ether oxygens (including phenoxy) is 1. The maximum atomic E-state index is 13.8. The fourth-order valence-electron chi connectivity index (χ4n) is 1.61. The van der Waals surface area contributed by atoms with Crippen LogP contribution in [0.15, 0.2) is 22.7 Å². The van der Waals surface area contributed by atoms with Crippen molar-refractivity contribution in [3.05, 3.63) is 34.1 Å². The summed E-state index contributed by atoms with van der Waals surface area (Å²) >= 11 is 3.19. The van der Waals surface area contributed by atoms with Gasteiger partial charge >= 0.3 is 0 Å². The Morgan fingerprint density at radius 1 is 1.47 bits per heavy atom. The van der Waals surface area contributed by atoms with Gasteiger partial charge in [0.05, 0.1) is 0 Å². The zero-order valence-corrected chi connectivity index (χ0v) is 11.6. The largest absolute Gasteiger partial charge is 0.366 e. The highest BCUT2D eigenvalue weighted by Crippen LogP contribution is 2.25. The van der Waals surface area contributed by atoms with Crippen molar-refractivity contribution in [2.24, 2.45) is 0 Å². The molecule has 1 aromatic carbocycles. The summed E-state index contributed by atoms with van der Waals surface area (Å²) < 4.78 is 19.8. The molecule has 0 aliphatic heterocycles. The number of ketones is 1. The molecule has 0 bridgehead atoms. The van der Waals surface area contributed by atoms with E-state index in [0.29, 0.717) is 23.1 Å². The van der Waals surface area contributed by atoms with E-state index in [1.54, 1.807) is 19.1 Å². The SMILES string of the molecule is CCCC(=O)C(OCC)c1ccc(Br)cc1F. The lowest BCUT2D eigenvalue weighted by molar-refractivity contribution is -0.130. The summed E-state index contributed by atoms with van der Waals surface area (Å²) in [7, 11) is 0. The Morgan fingerprint density at radius 2 is 2.18 bits per heavy atom. The van der Waals surface area contributed by atoms with E-state index < -0.39 is 11.9 Å². The summed E-state index contributed by atoms with van der Waals surface area (Å²) in [5.74, 6) is -0.488. The minimum atomic E-state index is -0.784. The first-order chi connectivity index (χ1) is 8.10. The molecular weight excluding hydrogens is 287 g/mol. The van der Waals surface area contributed by atoms with Crippen LogP contribution in [0.5, 0.6) is 0 Å². The van der Waals surface area contributed by atoms with Crippen molar-refractivity contribution >= 4 is 21.7 Å². The zero-order chi connectivity index (χ0) is 12.8. The fourth-order valence-corrected chi connectivity index (χ4v) is 1.95. The quantitative estimate of drug-likeness (QED) is 0.793. The number of halogens is 2. The third-order valence-electron chi connectivity index (χ3n) is 2.37. The molecule has 0 radical (unpaired) electrons. The molecule has 0 heterocycles. The molecule has 17 heavy (non-hydrogen) atoms. The van der Waals surface area contributed by atoms with Gasteiger partial charge in [0.15, 0.2) is 5.78 Å². The van der Waals surface area contributed by atoms with Crippen LogP contribution >= 0.6 is 15.9 Å². The number of rotatable bonds is 6. The minimum Gasteiger partial charge on any atom is -0.366 e. The van der Waals surface area contributed by atoms with Crippen molar-refractivity contribution in [3.8, 4) is 0 Å². The monoisotopic (exact) mass is 302 g/mol. The lowest BCUT2D eigenvalue weighted by Crippen LogP contribution is -2.17. The van der Waals surface area contributed by atoms with Crippen LogP contribution in [0, 0.1) is 5.82 Å². The Bertz CT molecular complexity index is 393. The van der Waals surface area contributed by atoms with Gasteiger partial charge in [-0.15, -0.1) is 0 Å². The number of hydrogen-bond acceptors (Lipinski definition) is 2. The molecule has 0 spiro atoms. The van der Waals surface area contributed by atoms with E-state index in [1.807, 2.05) is 6.92 Å². The predicted octanol–water partition coefficient (Wildman–Crippen LogP) is 4.04. The molecule has 0 fully saturated rings. The maximum absolute atomic E-state index is 13.8. The molecule has 0 N–H and O–H groups in total. The summed E-state index contributed by atoms with van der Waals surface area (Å²) in [6.07, 6.45) is 0.355.